The molecular formula is C9H17O2. The molecule has 0 aliphatic carbocycles. The minimum Gasteiger partial charge on any atom is -0.376 e. The standard InChI is InChI=1S/C9H17O2/c1-2-3-4-5-9-8-10-6-7-11-9/h4,9H,2-3,5-8H2,1H3. The lowest BCUT2D eigenvalue weighted by Gasteiger charge is -2.22. The summed E-state index contributed by atoms with van der Waals surface area (Å²) >= 11 is 0. The second kappa shape index (κ2) is 5.56. The summed E-state index contributed by atoms with van der Waals surface area (Å²) in [6.07, 6.45) is 6.09. The van der Waals surface area contributed by atoms with Crippen LogP contribution in [0.1, 0.15) is 26.2 Å². The van der Waals surface area contributed by atoms with E-state index in [0.29, 0.717) is 6.10 Å². The molecule has 0 amide bonds. The maximum absolute atomic E-state index is 5.47. The lowest BCUT2D eigenvalue weighted by Crippen LogP contribution is -2.28. The first-order valence-electron chi connectivity index (χ1n) is 4.44. The smallest absolute Gasteiger partial charge is 0.0812 e. The Morgan fingerprint density at radius 1 is 1.45 bits per heavy atom. The molecule has 1 unspecified atom stereocenters. The molecule has 1 aliphatic rings. The van der Waals surface area contributed by atoms with Crippen LogP contribution < -0.4 is 0 Å². The monoisotopic (exact) mass is 157 g/mol. The number of unbranched alkanes of at least 4 members (excludes halogenated alkanes) is 2. The van der Waals surface area contributed by atoms with Gasteiger partial charge in [-0.2, -0.15) is 0 Å². The molecule has 1 fully saturated rings. The van der Waals surface area contributed by atoms with Gasteiger partial charge >= 0.3 is 0 Å². The van der Waals surface area contributed by atoms with E-state index in [0.717, 1.165) is 26.2 Å². The molecule has 1 radical (unpaired) electrons. The zero-order valence-corrected chi connectivity index (χ0v) is 7.21. The van der Waals surface area contributed by atoms with E-state index in [1.807, 2.05) is 0 Å². The molecule has 1 aliphatic heterocycles. The molecule has 0 bridgehead atoms. The third-order valence-electron chi connectivity index (χ3n) is 1.81. The highest BCUT2D eigenvalue weighted by atomic mass is 16.6. The average Bonchev–Trinajstić information content (AvgIpc) is 2.07. The fourth-order valence-corrected chi connectivity index (χ4v) is 1.18. The van der Waals surface area contributed by atoms with Crippen LogP contribution in [0.4, 0.5) is 0 Å². The van der Waals surface area contributed by atoms with Crippen LogP contribution in [0.3, 0.4) is 0 Å². The van der Waals surface area contributed by atoms with Gasteiger partial charge in [0.2, 0.25) is 0 Å². The van der Waals surface area contributed by atoms with E-state index < -0.39 is 0 Å². The highest BCUT2D eigenvalue weighted by Crippen LogP contribution is 2.09. The molecule has 1 rings (SSSR count). The van der Waals surface area contributed by atoms with Crippen LogP contribution in [0, 0.1) is 6.42 Å². The van der Waals surface area contributed by atoms with Crippen LogP contribution in [-0.4, -0.2) is 25.9 Å². The van der Waals surface area contributed by atoms with Crippen LogP contribution in [0.25, 0.3) is 0 Å². The topological polar surface area (TPSA) is 18.5 Å². The van der Waals surface area contributed by atoms with E-state index in [1.54, 1.807) is 0 Å². The lowest BCUT2D eigenvalue weighted by atomic mass is 10.1. The fraction of sp³-hybridized carbons (Fsp3) is 0.889. The minimum atomic E-state index is 0.329. The number of hydrogen-bond donors (Lipinski definition) is 0. The highest BCUT2D eigenvalue weighted by molar-refractivity contribution is 4.72. The van der Waals surface area contributed by atoms with Crippen LogP contribution in [0.5, 0.6) is 0 Å². The Labute approximate surface area is 68.9 Å². The average molecular weight is 157 g/mol. The van der Waals surface area contributed by atoms with Gasteiger partial charge in [0.15, 0.2) is 0 Å². The molecule has 2 heteroatoms. The Hall–Kier alpha value is -0.0800. The van der Waals surface area contributed by atoms with E-state index >= 15 is 0 Å². The molecular weight excluding hydrogens is 140 g/mol. The Morgan fingerprint density at radius 3 is 3.00 bits per heavy atom. The fourth-order valence-electron chi connectivity index (χ4n) is 1.18. The van der Waals surface area contributed by atoms with E-state index in [9.17, 15) is 0 Å². The molecule has 1 heterocycles. The van der Waals surface area contributed by atoms with Crippen molar-refractivity contribution in [2.24, 2.45) is 0 Å². The van der Waals surface area contributed by atoms with Crippen molar-refractivity contribution in [2.45, 2.75) is 32.3 Å². The summed E-state index contributed by atoms with van der Waals surface area (Å²) in [4.78, 5) is 0. The summed E-state index contributed by atoms with van der Waals surface area (Å²) < 4.78 is 10.7. The van der Waals surface area contributed by atoms with Crippen molar-refractivity contribution in [1.29, 1.82) is 0 Å². The molecule has 0 aromatic heterocycles. The third-order valence-corrected chi connectivity index (χ3v) is 1.81. The van der Waals surface area contributed by atoms with Gasteiger partial charge < -0.3 is 9.47 Å². The molecule has 0 saturated carbocycles. The Bertz CT molecular complexity index is 87.6. The van der Waals surface area contributed by atoms with Gasteiger partial charge in [-0.3, -0.25) is 0 Å². The zero-order valence-electron chi connectivity index (χ0n) is 7.21. The molecule has 1 atom stereocenters. The van der Waals surface area contributed by atoms with Crippen molar-refractivity contribution < 1.29 is 9.47 Å². The molecule has 2 nitrogen and oxygen atoms in total. The Balaban J connectivity index is 1.96. The van der Waals surface area contributed by atoms with Gasteiger partial charge in [0.05, 0.1) is 25.9 Å². The number of rotatable bonds is 4. The van der Waals surface area contributed by atoms with E-state index in [2.05, 4.69) is 13.3 Å². The zero-order chi connectivity index (χ0) is 7.94. The van der Waals surface area contributed by atoms with E-state index in [1.165, 1.54) is 12.8 Å². The van der Waals surface area contributed by atoms with Crippen molar-refractivity contribution in [1.82, 2.24) is 0 Å². The molecule has 11 heavy (non-hydrogen) atoms. The van der Waals surface area contributed by atoms with Crippen molar-refractivity contribution in [3.8, 4) is 0 Å². The van der Waals surface area contributed by atoms with Crippen molar-refractivity contribution in [3.05, 3.63) is 6.42 Å². The quantitative estimate of drug-likeness (QED) is 0.579. The number of hydrogen-bond acceptors (Lipinski definition) is 2. The van der Waals surface area contributed by atoms with E-state index in [-0.39, 0.29) is 0 Å². The molecule has 0 aromatic rings. The first kappa shape index (κ1) is 9.01. The van der Waals surface area contributed by atoms with Crippen molar-refractivity contribution in [3.63, 3.8) is 0 Å². The maximum Gasteiger partial charge on any atom is 0.0812 e. The summed E-state index contributed by atoms with van der Waals surface area (Å²) in [5.74, 6) is 0. The first-order chi connectivity index (χ1) is 5.43. The normalized spacial score (nSPS) is 25.4. The van der Waals surface area contributed by atoms with Crippen molar-refractivity contribution in [2.75, 3.05) is 19.8 Å². The molecule has 1 saturated heterocycles. The lowest BCUT2D eigenvalue weighted by molar-refractivity contribution is -0.0877. The minimum absolute atomic E-state index is 0.329. The van der Waals surface area contributed by atoms with Crippen LogP contribution in [-0.2, 0) is 9.47 Å². The van der Waals surface area contributed by atoms with Crippen LogP contribution in [0.2, 0.25) is 0 Å². The molecule has 0 aromatic carbocycles. The largest absolute Gasteiger partial charge is 0.376 e. The Kier molecular flexibility index (Phi) is 4.55. The van der Waals surface area contributed by atoms with Crippen molar-refractivity contribution >= 4 is 0 Å². The van der Waals surface area contributed by atoms with Gasteiger partial charge in [-0.05, 0) is 12.8 Å². The van der Waals surface area contributed by atoms with Gasteiger partial charge in [-0.25, -0.2) is 0 Å². The molecule has 65 valence electrons. The van der Waals surface area contributed by atoms with Crippen LogP contribution in [0.15, 0.2) is 0 Å². The number of ether oxygens (including phenoxy) is 2. The van der Waals surface area contributed by atoms with Gasteiger partial charge in [0.25, 0.3) is 0 Å². The summed E-state index contributed by atoms with van der Waals surface area (Å²) in [5, 5.41) is 0. The van der Waals surface area contributed by atoms with Gasteiger partial charge in [-0.1, -0.05) is 19.8 Å². The molecule has 0 N–H and O–H groups in total. The summed E-state index contributed by atoms with van der Waals surface area (Å²) in [6, 6.07) is 0. The van der Waals surface area contributed by atoms with Gasteiger partial charge in [0, 0.05) is 0 Å². The third kappa shape index (κ3) is 3.73. The Morgan fingerprint density at radius 2 is 2.36 bits per heavy atom. The van der Waals surface area contributed by atoms with Gasteiger partial charge in [0.1, 0.15) is 0 Å². The van der Waals surface area contributed by atoms with Gasteiger partial charge in [-0.15, -0.1) is 0 Å². The summed E-state index contributed by atoms with van der Waals surface area (Å²) in [6.45, 7) is 4.50. The first-order valence-corrected chi connectivity index (χ1v) is 4.44. The second-order valence-corrected chi connectivity index (χ2v) is 2.88. The molecule has 0 spiro atoms. The predicted molar refractivity (Wildman–Crippen MR) is 44.4 cm³/mol. The maximum atomic E-state index is 5.47. The second-order valence-electron chi connectivity index (χ2n) is 2.88. The summed E-state index contributed by atoms with van der Waals surface area (Å²) in [5.41, 5.74) is 0. The highest BCUT2D eigenvalue weighted by Gasteiger charge is 2.12. The van der Waals surface area contributed by atoms with E-state index in [4.69, 9.17) is 9.47 Å². The predicted octanol–water partition coefficient (Wildman–Crippen LogP) is 1.80. The van der Waals surface area contributed by atoms with Crippen LogP contribution >= 0.6 is 0 Å². The summed E-state index contributed by atoms with van der Waals surface area (Å²) in [7, 11) is 0. The SMILES string of the molecule is CCC[CH]CC1COCCO1.